The van der Waals surface area contributed by atoms with Gasteiger partial charge in [-0.3, -0.25) is 36.9 Å². The number of hydrogen-bond donors (Lipinski definition) is 8. The SMILES string of the molecule is CC1(C)C(=CC=CC2=[N+](CCCCCC(=O)O)c3ccc(S(=O)(=O)O)cc3C2(C)C)N(CCCS(=O)(=O)O)c2ccc(CNC(=O)CCCCC[N+]3=C(C=CC=C4N(CCCS(=O)(=O)O)c5ccc6c(S(=O)(=O)O)cccc6c5C4(C)CCCS(=O)(=O)O)C(C)(C)c4c3ccc3c(S(=O)(=O)O)cccc43)cc21. The van der Waals surface area contributed by atoms with Crippen molar-refractivity contribution < 1.29 is 102 Å². The van der Waals surface area contributed by atoms with Crippen LogP contribution >= 0.6 is 0 Å². The van der Waals surface area contributed by atoms with Crippen LogP contribution in [0, 0.1) is 0 Å². The molecule has 0 radical (unpaired) electrons. The van der Waals surface area contributed by atoms with E-state index >= 15 is 0 Å². The summed E-state index contributed by atoms with van der Waals surface area (Å²) < 4.78 is 213. The number of rotatable bonds is 33. The smallest absolute Gasteiger partial charge is 0.303 e. The Balaban J connectivity index is 0.906. The predicted molar refractivity (Wildman–Crippen MR) is 410 cm³/mol. The first-order valence-corrected chi connectivity index (χ1v) is 44.2. The number of nitrogens with one attached hydrogen (secondary N) is 1. The van der Waals surface area contributed by atoms with Crippen LogP contribution in [0.25, 0.3) is 21.5 Å². The zero-order valence-electron chi connectivity index (χ0n) is 60.4. The number of aliphatic carboxylic acids is 1. The molecule has 1 amide bonds. The maximum Gasteiger partial charge on any atom is 0.303 e. The van der Waals surface area contributed by atoms with Gasteiger partial charge >= 0.3 is 5.97 Å². The Hall–Kier alpha value is -7.86. The average molecular weight is 1590 g/mol. The van der Waals surface area contributed by atoms with Gasteiger partial charge in [0.15, 0.2) is 11.4 Å². The van der Waals surface area contributed by atoms with Crippen LogP contribution in [0.15, 0.2) is 160 Å². The van der Waals surface area contributed by atoms with Crippen molar-refractivity contribution in [3.8, 4) is 0 Å². The summed E-state index contributed by atoms with van der Waals surface area (Å²) in [6.45, 7) is 14.9. The quantitative estimate of drug-likeness (QED) is 0.0108. The summed E-state index contributed by atoms with van der Waals surface area (Å²) >= 11 is 0. The zero-order valence-corrected chi connectivity index (χ0v) is 65.3. The number of anilines is 2. The second-order valence-electron chi connectivity index (χ2n) is 29.4. The van der Waals surface area contributed by atoms with Crippen LogP contribution in [0.4, 0.5) is 22.7 Å². The molecule has 0 bridgehead atoms. The molecule has 1 atom stereocenters. The number of carbonyl (C=O) groups is 2. The van der Waals surface area contributed by atoms with Crippen LogP contribution in [-0.2, 0) is 98.5 Å². The first-order chi connectivity index (χ1) is 49.8. The van der Waals surface area contributed by atoms with Crippen molar-refractivity contribution in [3.63, 3.8) is 0 Å². The number of nitrogens with zero attached hydrogens (tertiary/aromatic N) is 4. The number of allylic oxidation sites excluding steroid dienone is 8. The number of hydrogen-bond acceptors (Lipinski definition) is 16. The molecular weight excluding hydrogens is 1500 g/mol. The minimum absolute atomic E-state index is 0.00417. The molecule has 0 fully saturated rings. The first kappa shape index (κ1) is 81.7. The normalized spacial score (nSPS) is 18.6. The highest BCUT2D eigenvalue weighted by atomic mass is 32.2. The van der Waals surface area contributed by atoms with Crippen LogP contribution in [0.2, 0.25) is 0 Å². The highest BCUT2D eigenvalue weighted by Crippen LogP contribution is 2.55. The Labute approximate surface area is 625 Å². The van der Waals surface area contributed by atoms with Gasteiger partial charge < -0.3 is 20.2 Å². The Bertz CT molecular complexity index is 5530. The molecule has 107 heavy (non-hydrogen) atoms. The Morgan fingerprint density at radius 2 is 0.963 bits per heavy atom. The van der Waals surface area contributed by atoms with E-state index in [1.165, 1.54) is 36.4 Å². The molecule has 10 rings (SSSR count). The van der Waals surface area contributed by atoms with Crippen molar-refractivity contribution in [3.05, 3.63) is 173 Å². The monoisotopic (exact) mass is 1590 g/mol. The lowest BCUT2D eigenvalue weighted by molar-refractivity contribution is -0.438. The van der Waals surface area contributed by atoms with Crippen LogP contribution in [0.1, 0.15) is 153 Å². The van der Waals surface area contributed by atoms with E-state index in [1.54, 1.807) is 54.6 Å². The standard InChI is InChI=1S/C75H89N5O21S6/c1-72(2)56-47-50(31-35-58(56)78(42-19-45-103(87,88)89)64(72)25-16-26-65-73(3,4)57-48-51(105(93,94)95)32-36-59(57)77(65)40-13-9-11-30-69(82)83)49-76-68(81)29-10-8-12-41-79-60-37-33-52-54(21-14-23-62(52)106(96,97)98)70(60)74(5,6)66(79)27-17-28-67-75(7,39-18-44-102(84,85)86)71-55-22-15-24-63(107(99,100)101)53(55)34-38-61(71)80(67)43-20-46-104(90,91)92/h14-17,21-28,31-38,47-48H,8-13,18-20,29-30,39-46,49H2,1-7H3,(H6-2,76,81,82,83,84,85,86,87,88,89,90,91,92,93,94,95,96,97,98,99,100,101)/p+2. The number of fused-ring (bicyclic) bond motifs is 8. The van der Waals surface area contributed by atoms with Crippen LogP contribution < -0.4 is 15.1 Å². The summed E-state index contributed by atoms with van der Waals surface area (Å²) in [6.07, 6.45) is 14.6. The molecule has 32 heteroatoms. The number of carboxylic acids is 1. The largest absolute Gasteiger partial charge is 0.481 e. The highest BCUT2D eigenvalue weighted by Gasteiger charge is 2.49. The lowest BCUT2D eigenvalue weighted by atomic mass is 9.75. The summed E-state index contributed by atoms with van der Waals surface area (Å²) in [5, 5.41) is 13.7. The van der Waals surface area contributed by atoms with Gasteiger partial charge in [0.1, 0.15) is 22.9 Å². The second-order valence-corrected chi connectivity index (χ2v) is 38.4. The van der Waals surface area contributed by atoms with E-state index in [1.807, 2.05) is 101 Å². The van der Waals surface area contributed by atoms with Crippen LogP contribution in [0.5, 0.6) is 0 Å². The molecule has 0 spiro atoms. The molecule has 8 N–H and O–H groups in total. The van der Waals surface area contributed by atoms with Gasteiger partial charge in [-0.25, -0.2) is 0 Å². The summed E-state index contributed by atoms with van der Waals surface area (Å²) in [6, 6.07) is 25.8. The molecule has 6 aromatic carbocycles. The minimum Gasteiger partial charge on any atom is -0.481 e. The molecule has 0 aromatic heterocycles. The van der Waals surface area contributed by atoms with E-state index in [2.05, 4.69) is 14.5 Å². The topological polar surface area (TPSA) is 405 Å². The molecule has 4 heterocycles. The van der Waals surface area contributed by atoms with Crippen molar-refractivity contribution in [2.24, 2.45) is 0 Å². The van der Waals surface area contributed by atoms with E-state index < -0.39 is 106 Å². The maximum atomic E-state index is 13.8. The molecule has 4 aliphatic rings. The van der Waals surface area contributed by atoms with Crippen molar-refractivity contribution in [1.29, 1.82) is 0 Å². The summed E-state index contributed by atoms with van der Waals surface area (Å²) in [5.74, 6) is -2.86. The number of benzene rings is 6. The van der Waals surface area contributed by atoms with Gasteiger partial charge in [0.2, 0.25) is 17.3 Å². The van der Waals surface area contributed by atoms with E-state index in [9.17, 15) is 92.5 Å². The highest BCUT2D eigenvalue weighted by molar-refractivity contribution is 7.87. The lowest BCUT2D eigenvalue weighted by Gasteiger charge is -2.31. The van der Waals surface area contributed by atoms with Gasteiger partial charge in [0.25, 0.3) is 60.7 Å². The number of carbonyl (C=O) groups excluding carboxylic acids is 1. The third-order valence-corrected chi connectivity index (χ3v) is 26.0. The van der Waals surface area contributed by atoms with Gasteiger partial charge in [-0.15, -0.1) is 0 Å². The van der Waals surface area contributed by atoms with E-state index in [0.29, 0.717) is 84.9 Å². The molecule has 1 unspecified atom stereocenters. The average Bonchev–Trinajstić information content (AvgIpc) is 1.58. The molecule has 0 saturated heterocycles. The summed E-state index contributed by atoms with van der Waals surface area (Å²) in [4.78, 5) is 28.0. The molecule has 6 aromatic rings. The molecular formula is C75H91N5O21S6+2. The number of carboxylic acid groups (broad SMARTS) is 1. The fourth-order valence-corrected chi connectivity index (χ4v) is 19.4. The third-order valence-electron chi connectivity index (χ3n) is 20.9. The molecule has 4 aliphatic heterocycles. The molecule has 26 nitrogen and oxygen atoms in total. The predicted octanol–water partition coefficient (Wildman–Crippen LogP) is 11.7. The first-order valence-electron chi connectivity index (χ1n) is 35.1. The summed E-state index contributed by atoms with van der Waals surface area (Å²) in [5.41, 5.74) is 5.68. The van der Waals surface area contributed by atoms with Crippen LogP contribution in [0.3, 0.4) is 0 Å². The number of amides is 1. The van der Waals surface area contributed by atoms with Crippen molar-refractivity contribution in [2.75, 3.05) is 53.2 Å². The maximum absolute atomic E-state index is 13.8. The van der Waals surface area contributed by atoms with Gasteiger partial charge in [-0.05, 0) is 168 Å². The molecule has 576 valence electrons. The minimum atomic E-state index is -4.77. The van der Waals surface area contributed by atoms with Gasteiger partial charge in [0.05, 0.1) is 33.0 Å². The van der Waals surface area contributed by atoms with E-state index in [4.69, 9.17) is 0 Å². The third kappa shape index (κ3) is 17.9. The fourth-order valence-electron chi connectivity index (χ4n) is 16.0. The van der Waals surface area contributed by atoms with Crippen molar-refractivity contribution >= 4 is 128 Å². The van der Waals surface area contributed by atoms with Crippen molar-refractivity contribution in [2.45, 2.75) is 168 Å². The number of unbranched alkanes of at least 4 members (excludes halogenated alkanes) is 4. The van der Waals surface area contributed by atoms with Gasteiger partial charge in [-0.2, -0.15) is 59.7 Å². The van der Waals surface area contributed by atoms with E-state index in [-0.39, 0.29) is 89.5 Å². The molecule has 0 aliphatic carbocycles. The lowest BCUT2D eigenvalue weighted by Crippen LogP contribution is -2.31. The summed E-state index contributed by atoms with van der Waals surface area (Å²) in [7, 11) is -27.2. The van der Waals surface area contributed by atoms with Crippen LogP contribution in [-0.4, -0.2) is 159 Å². The Kier molecular flexibility index (Phi) is 23.6. The second kappa shape index (κ2) is 30.9. The fraction of sp³-hybridized carbons (Fsp3) is 0.413. The van der Waals surface area contributed by atoms with E-state index in [0.717, 1.165) is 50.9 Å². The van der Waals surface area contributed by atoms with Crippen molar-refractivity contribution in [1.82, 2.24) is 5.32 Å². The van der Waals surface area contributed by atoms with Gasteiger partial charge in [-0.1, -0.05) is 68.5 Å². The molecule has 0 saturated carbocycles. The Morgan fingerprint density at radius 1 is 0.467 bits per heavy atom. The Morgan fingerprint density at radius 3 is 1.51 bits per heavy atom. The zero-order chi connectivity index (χ0) is 78.4. The van der Waals surface area contributed by atoms with Gasteiger partial charge in [0, 0.05) is 125 Å².